The van der Waals surface area contributed by atoms with Gasteiger partial charge in [0.05, 0.1) is 28.9 Å². The summed E-state index contributed by atoms with van der Waals surface area (Å²) in [6, 6.07) is 29.0. The number of fused-ring (bicyclic) bond motifs is 2. The lowest BCUT2D eigenvalue weighted by Gasteiger charge is -2.11. The van der Waals surface area contributed by atoms with Crippen molar-refractivity contribution < 1.29 is 23.8 Å². The van der Waals surface area contributed by atoms with E-state index in [1.807, 2.05) is 65.2 Å². The molecule has 6 rings (SSSR count). The summed E-state index contributed by atoms with van der Waals surface area (Å²) in [6.07, 6.45) is 0.227. The first-order valence-electron chi connectivity index (χ1n) is 13.1. The lowest BCUT2D eigenvalue weighted by molar-refractivity contribution is 0.0697. The van der Waals surface area contributed by atoms with Crippen molar-refractivity contribution in [1.82, 2.24) is 14.5 Å². The highest BCUT2D eigenvalue weighted by atomic mass is 19.1. The fraction of sp³-hybridized carbons (Fsp3) is 0.121. The molecule has 204 valence electrons. The van der Waals surface area contributed by atoms with Crippen molar-refractivity contribution in [2.24, 2.45) is 0 Å². The Labute approximate surface area is 235 Å². The molecular formula is C33H26FN3O4. The van der Waals surface area contributed by atoms with Crippen LogP contribution in [0.4, 0.5) is 4.39 Å². The van der Waals surface area contributed by atoms with Crippen molar-refractivity contribution >= 4 is 27.8 Å². The number of halogens is 1. The molecule has 0 saturated carbocycles. The molecule has 6 aromatic rings. The number of methoxy groups -OCH3 is 1. The number of carboxylic acid groups (broad SMARTS) is 1. The fourth-order valence-electron chi connectivity index (χ4n) is 4.92. The molecule has 0 radical (unpaired) electrons. The third-order valence-electron chi connectivity index (χ3n) is 6.98. The van der Waals surface area contributed by atoms with Crippen LogP contribution in [-0.4, -0.2) is 39.3 Å². The number of aromatic nitrogens is 3. The summed E-state index contributed by atoms with van der Waals surface area (Å²) in [6.45, 7) is 0.860. The van der Waals surface area contributed by atoms with Gasteiger partial charge in [-0.15, -0.1) is 0 Å². The third kappa shape index (κ3) is 5.37. The predicted octanol–water partition coefficient (Wildman–Crippen LogP) is 7.12. The van der Waals surface area contributed by atoms with Gasteiger partial charge in [-0.2, -0.15) is 0 Å². The number of pyridine rings is 1. The first-order chi connectivity index (χ1) is 20.0. The lowest BCUT2D eigenvalue weighted by Crippen LogP contribution is -2.10. The van der Waals surface area contributed by atoms with E-state index in [1.54, 1.807) is 31.4 Å². The predicted molar refractivity (Wildman–Crippen MR) is 155 cm³/mol. The molecule has 0 bridgehead atoms. The third-order valence-corrected chi connectivity index (χ3v) is 6.98. The molecule has 8 heteroatoms. The molecule has 4 aromatic carbocycles. The number of ether oxygens (including phenoxy) is 2. The maximum absolute atomic E-state index is 15.5. The molecule has 41 heavy (non-hydrogen) atoms. The average molecular weight is 548 g/mol. The van der Waals surface area contributed by atoms with E-state index in [2.05, 4.69) is 9.97 Å². The molecule has 0 spiro atoms. The normalized spacial score (nSPS) is 11.3. The van der Waals surface area contributed by atoms with Crippen molar-refractivity contribution in [3.05, 3.63) is 120 Å². The quantitative estimate of drug-likeness (QED) is 0.207. The van der Waals surface area contributed by atoms with Gasteiger partial charge in [0.2, 0.25) is 5.88 Å². The van der Waals surface area contributed by atoms with Crippen molar-refractivity contribution in [1.29, 1.82) is 0 Å². The number of carbonyl (C=O) groups is 1. The van der Waals surface area contributed by atoms with Gasteiger partial charge in [0.25, 0.3) is 0 Å². The second kappa shape index (κ2) is 11.2. The summed E-state index contributed by atoms with van der Waals surface area (Å²) >= 11 is 0. The second-order valence-electron chi connectivity index (χ2n) is 9.60. The fourth-order valence-corrected chi connectivity index (χ4v) is 4.92. The van der Waals surface area contributed by atoms with E-state index in [9.17, 15) is 9.90 Å². The van der Waals surface area contributed by atoms with Crippen LogP contribution in [0.3, 0.4) is 0 Å². The number of hydrogen-bond acceptors (Lipinski definition) is 5. The summed E-state index contributed by atoms with van der Waals surface area (Å²) < 4.78 is 28.7. The number of aromatic carboxylic acids is 1. The van der Waals surface area contributed by atoms with Gasteiger partial charge in [0.15, 0.2) is 0 Å². The van der Waals surface area contributed by atoms with Crippen LogP contribution in [0.5, 0.6) is 11.6 Å². The Balaban J connectivity index is 1.28. The Morgan fingerprint density at radius 3 is 2.59 bits per heavy atom. The summed E-state index contributed by atoms with van der Waals surface area (Å²) in [4.78, 5) is 20.8. The van der Waals surface area contributed by atoms with Crippen molar-refractivity contribution in [2.45, 2.75) is 13.0 Å². The zero-order valence-corrected chi connectivity index (χ0v) is 22.3. The number of rotatable bonds is 9. The maximum atomic E-state index is 15.5. The standard InChI is InChI=1S/C33H26FN3O4/c1-40-17-16-37-29-19-24(33(38)39)14-15-28(29)35-31(37)20-22-12-13-23(18-26(22)34)27-9-5-11-32(36-27)41-30-10-4-7-21-6-2-3-8-25(21)30/h2-15,18-19H,16-17,20H2,1H3,(H,38,39). The molecule has 2 aromatic heterocycles. The Morgan fingerprint density at radius 2 is 1.76 bits per heavy atom. The Hall–Kier alpha value is -5.08. The van der Waals surface area contributed by atoms with E-state index < -0.39 is 5.97 Å². The minimum absolute atomic E-state index is 0.164. The topological polar surface area (TPSA) is 86.5 Å². The van der Waals surface area contributed by atoms with Crippen LogP contribution in [0.1, 0.15) is 21.7 Å². The zero-order chi connectivity index (χ0) is 28.3. The molecular weight excluding hydrogens is 521 g/mol. The zero-order valence-electron chi connectivity index (χ0n) is 22.3. The highest BCUT2D eigenvalue weighted by Gasteiger charge is 2.16. The second-order valence-corrected chi connectivity index (χ2v) is 9.60. The molecule has 0 fully saturated rings. The molecule has 0 atom stereocenters. The summed E-state index contributed by atoms with van der Waals surface area (Å²) in [7, 11) is 1.59. The summed E-state index contributed by atoms with van der Waals surface area (Å²) in [5.41, 5.74) is 3.14. The summed E-state index contributed by atoms with van der Waals surface area (Å²) in [5.74, 6) is 0.322. The molecule has 1 N–H and O–H groups in total. The summed E-state index contributed by atoms with van der Waals surface area (Å²) in [5, 5.41) is 11.5. The van der Waals surface area contributed by atoms with Gasteiger partial charge in [0.1, 0.15) is 17.4 Å². The van der Waals surface area contributed by atoms with Gasteiger partial charge in [-0.1, -0.05) is 54.6 Å². The van der Waals surface area contributed by atoms with E-state index in [1.165, 1.54) is 12.1 Å². The highest BCUT2D eigenvalue weighted by Crippen LogP contribution is 2.31. The maximum Gasteiger partial charge on any atom is 0.335 e. The van der Waals surface area contributed by atoms with Crippen LogP contribution in [0.15, 0.2) is 97.1 Å². The van der Waals surface area contributed by atoms with Gasteiger partial charge >= 0.3 is 5.97 Å². The van der Waals surface area contributed by atoms with Gasteiger partial charge in [-0.3, -0.25) is 0 Å². The van der Waals surface area contributed by atoms with Crippen LogP contribution < -0.4 is 4.74 Å². The molecule has 0 aliphatic heterocycles. The van der Waals surface area contributed by atoms with Gasteiger partial charge in [0, 0.05) is 37.1 Å². The number of benzene rings is 4. The molecule has 2 heterocycles. The lowest BCUT2D eigenvalue weighted by atomic mass is 10.1. The SMILES string of the molecule is COCCn1c(Cc2ccc(-c3cccc(Oc4cccc5ccccc45)n3)cc2F)nc2ccc(C(=O)O)cc21. The Bertz CT molecular complexity index is 1890. The first kappa shape index (κ1) is 26.2. The number of hydrogen-bond donors (Lipinski definition) is 1. The first-order valence-corrected chi connectivity index (χ1v) is 13.1. The van der Waals surface area contributed by atoms with E-state index in [0.717, 1.165) is 10.8 Å². The minimum atomic E-state index is -1.02. The molecule has 7 nitrogen and oxygen atoms in total. The van der Waals surface area contributed by atoms with E-state index in [-0.39, 0.29) is 17.8 Å². The molecule has 0 aliphatic rings. The van der Waals surface area contributed by atoms with Gasteiger partial charge < -0.3 is 19.1 Å². The monoisotopic (exact) mass is 547 g/mol. The number of carboxylic acids is 1. The Kier molecular flexibility index (Phi) is 7.14. The van der Waals surface area contributed by atoms with E-state index >= 15 is 4.39 Å². The van der Waals surface area contributed by atoms with E-state index in [4.69, 9.17) is 9.47 Å². The van der Waals surface area contributed by atoms with Crippen LogP contribution >= 0.6 is 0 Å². The van der Waals surface area contributed by atoms with Crippen LogP contribution in [0, 0.1) is 5.82 Å². The van der Waals surface area contributed by atoms with Gasteiger partial charge in [-0.05, 0) is 47.3 Å². The van der Waals surface area contributed by atoms with Crippen LogP contribution in [-0.2, 0) is 17.7 Å². The highest BCUT2D eigenvalue weighted by molar-refractivity contribution is 5.92. The molecule has 0 amide bonds. The van der Waals surface area contributed by atoms with Gasteiger partial charge in [-0.25, -0.2) is 19.2 Å². The molecule has 0 unspecified atom stereocenters. The van der Waals surface area contributed by atoms with Crippen LogP contribution in [0.25, 0.3) is 33.1 Å². The molecule has 0 saturated heterocycles. The molecule has 0 aliphatic carbocycles. The minimum Gasteiger partial charge on any atom is -0.478 e. The Morgan fingerprint density at radius 1 is 0.927 bits per heavy atom. The number of imidazole rings is 1. The number of nitrogens with zero attached hydrogens (tertiary/aromatic N) is 3. The average Bonchev–Trinajstić information content (AvgIpc) is 3.33. The van der Waals surface area contributed by atoms with E-state index in [0.29, 0.717) is 58.5 Å². The largest absolute Gasteiger partial charge is 0.478 e. The van der Waals surface area contributed by atoms with Crippen molar-refractivity contribution in [2.75, 3.05) is 13.7 Å². The van der Waals surface area contributed by atoms with Crippen molar-refractivity contribution in [3.8, 4) is 22.9 Å². The smallest absolute Gasteiger partial charge is 0.335 e. The van der Waals surface area contributed by atoms with Crippen LogP contribution in [0.2, 0.25) is 0 Å². The van der Waals surface area contributed by atoms with Crippen molar-refractivity contribution in [3.63, 3.8) is 0 Å².